The Kier molecular flexibility index (Phi) is 3.49. The van der Waals surface area contributed by atoms with Crippen LogP contribution in [0.1, 0.15) is 33.1 Å². The zero-order valence-electron chi connectivity index (χ0n) is 8.95. The number of carbonyl (C=O) groups excluding carboxylic acids is 2. The smallest absolute Gasteiger partial charge is 0.396 e. The third-order valence-corrected chi connectivity index (χ3v) is 2.79. The summed E-state index contributed by atoms with van der Waals surface area (Å²) in [5, 5.41) is 0. The fraction of sp³-hybridized carbons (Fsp3) is 0.800. The van der Waals surface area contributed by atoms with Crippen LogP contribution in [-0.2, 0) is 14.3 Å². The van der Waals surface area contributed by atoms with Crippen LogP contribution < -0.4 is 0 Å². The van der Waals surface area contributed by atoms with Crippen LogP contribution in [0.15, 0.2) is 0 Å². The van der Waals surface area contributed by atoms with Gasteiger partial charge in [-0.2, -0.15) is 0 Å². The average molecular weight is 199 g/mol. The van der Waals surface area contributed by atoms with Crippen molar-refractivity contribution < 1.29 is 14.3 Å². The molecule has 0 unspecified atom stereocenters. The number of hydrogen-bond acceptors (Lipinski definition) is 3. The fourth-order valence-electron chi connectivity index (χ4n) is 2.01. The standard InChI is InChI=1S/C10H17NO3/c1-7-5-4-6-8(2)11(7)9(12)10(13)14-3/h7-8H,4-6H2,1-3H3/t7-,8+. The van der Waals surface area contributed by atoms with Crippen molar-refractivity contribution >= 4 is 11.9 Å². The zero-order valence-corrected chi connectivity index (χ0v) is 8.95. The van der Waals surface area contributed by atoms with Crippen LogP contribution in [0.4, 0.5) is 0 Å². The van der Waals surface area contributed by atoms with Gasteiger partial charge in [0.05, 0.1) is 7.11 Å². The number of likely N-dealkylation sites (tertiary alicyclic amines) is 1. The van der Waals surface area contributed by atoms with Gasteiger partial charge in [0.15, 0.2) is 0 Å². The van der Waals surface area contributed by atoms with Gasteiger partial charge in [0.25, 0.3) is 0 Å². The molecule has 0 bridgehead atoms. The molecule has 0 aromatic rings. The average Bonchev–Trinajstić information content (AvgIpc) is 2.16. The first-order valence-electron chi connectivity index (χ1n) is 4.98. The van der Waals surface area contributed by atoms with Gasteiger partial charge in [0.1, 0.15) is 0 Å². The summed E-state index contributed by atoms with van der Waals surface area (Å²) >= 11 is 0. The summed E-state index contributed by atoms with van der Waals surface area (Å²) in [6.45, 7) is 3.94. The van der Waals surface area contributed by atoms with E-state index in [4.69, 9.17) is 0 Å². The van der Waals surface area contributed by atoms with Crippen LogP contribution in [-0.4, -0.2) is 36.0 Å². The molecule has 0 radical (unpaired) electrons. The summed E-state index contributed by atoms with van der Waals surface area (Å²) < 4.78 is 4.43. The van der Waals surface area contributed by atoms with Crippen molar-refractivity contribution in [3.63, 3.8) is 0 Å². The van der Waals surface area contributed by atoms with Crippen LogP contribution in [0.2, 0.25) is 0 Å². The van der Waals surface area contributed by atoms with E-state index in [1.165, 1.54) is 7.11 Å². The lowest BCUT2D eigenvalue weighted by Gasteiger charge is -2.38. The Hall–Kier alpha value is -1.06. The molecule has 4 nitrogen and oxygen atoms in total. The predicted molar refractivity (Wildman–Crippen MR) is 51.6 cm³/mol. The van der Waals surface area contributed by atoms with Crippen LogP contribution in [0.25, 0.3) is 0 Å². The molecule has 1 amide bonds. The number of amides is 1. The first kappa shape index (κ1) is 11.0. The van der Waals surface area contributed by atoms with E-state index in [0.717, 1.165) is 19.3 Å². The molecule has 0 N–H and O–H groups in total. The van der Waals surface area contributed by atoms with Gasteiger partial charge in [-0.05, 0) is 33.1 Å². The van der Waals surface area contributed by atoms with E-state index in [0.29, 0.717) is 0 Å². The maximum absolute atomic E-state index is 11.6. The van der Waals surface area contributed by atoms with Crippen molar-refractivity contribution in [1.29, 1.82) is 0 Å². The molecule has 1 aliphatic heterocycles. The summed E-state index contributed by atoms with van der Waals surface area (Å²) in [6, 6.07) is 0.288. The first-order chi connectivity index (χ1) is 6.57. The number of rotatable bonds is 0. The first-order valence-corrected chi connectivity index (χ1v) is 4.98. The van der Waals surface area contributed by atoms with Crippen molar-refractivity contribution in [2.75, 3.05) is 7.11 Å². The predicted octanol–water partition coefficient (Wildman–Crippen LogP) is 0.949. The SMILES string of the molecule is COC(=O)C(=O)N1[C@H](C)CCC[C@@H]1C. The number of piperidine rings is 1. The molecule has 0 aliphatic carbocycles. The van der Waals surface area contributed by atoms with E-state index in [1.807, 2.05) is 13.8 Å². The Labute approximate surface area is 84.2 Å². The van der Waals surface area contributed by atoms with Crippen LogP contribution >= 0.6 is 0 Å². The Morgan fingerprint density at radius 2 is 1.71 bits per heavy atom. The number of hydrogen-bond donors (Lipinski definition) is 0. The largest absolute Gasteiger partial charge is 0.462 e. The highest BCUT2D eigenvalue weighted by molar-refractivity contribution is 6.32. The number of ether oxygens (including phenoxy) is 1. The van der Waals surface area contributed by atoms with E-state index >= 15 is 0 Å². The van der Waals surface area contributed by atoms with Gasteiger partial charge in [-0.15, -0.1) is 0 Å². The van der Waals surface area contributed by atoms with E-state index in [-0.39, 0.29) is 12.1 Å². The second-order valence-corrected chi connectivity index (χ2v) is 3.83. The Morgan fingerprint density at radius 3 is 2.14 bits per heavy atom. The molecule has 1 heterocycles. The van der Waals surface area contributed by atoms with E-state index in [9.17, 15) is 9.59 Å². The Bertz CT molecular complexity index is 230. The summed E-state index contributed by atoms with van der Waals surface area (Å²) in [4.78, 5) is 24.3. The van der Waals surface area contributed by atoms with Gasteiger partial charge < -0.3 is 9.64 Å². The monoisotopic (exact) mass is 199 g/mol. The molecule has 0 aromatic heterocycles. The Balaban J connectivity index is 2.72. The van der Waals surface area contributed by atoms with Gasteiger partial charge in [-0.3, -0.25) is 4.79 Å². The second kappa shape index (κ2) is 4.44. The summed E-state index contributed by atoms with van der Waals surface area (Å²) in [6.07, 6.45) is 3.05. The molecule has 1 fully saturated rings. The third-order valence-electron chi connectivity index (χ3n) is 2.79. The topological polar surface area (TPSA) is 46.6 Å². The summed E-state index contributed by atoms with van der Waals surface area (Å²) in [7, 11) is 1.24. The van der Waals surface area contributed by atoms with Gasteiger partial charge >= 0.3 is 11.9 Å². The molecular formula is C10H17NO3. The van der Waals surface area contributed by atoms with Crippen LogP contribution in [0.3, 0.4) is 0 Å². The van der Waals surface area contributed by atoms with Crippen molar-refractivity contribution in [2.45, 2.75) is 45.2 Å². The lowest BCUT2D eigenvalue weighted by molar-refractivity contribution is -0.161. The van der Waals surface area contributed by atoms with Gasteiger partial charge in [-0.1, -0.05) is 0 Å². The fourth-order valence-corrected chi connectivity index (χ4v) is 2.01. The molecule has 1 rings (SSSR count). The molecule has 0 saturated carbocycles. The number of esters is 1. The minimum Gasteiger partial charge on any atom is -0.462 e. The van der Waals surface area contributed by atoms with E-state index < -0.39 is 11.9 Å². The maximum atomic E-state index is 11.6. The molecule has 14 heavy (non-hydrogen) atoms. The highest BCUT2D eigenvalue weighted by Crippen LogP contribution is 2.22. The Morgan fingerprint density at radius 1 is 1.21 bits per heavy atom. The molecule has 2 atom stereocenters. The summed E-state index contributed by atoms with van der Waals surface area (Å²) in [5.74, 6) is -1.27. The molecular weight excluding hydrogens is 182 g/mol. The molecule has 80 valence electrons. The zero-order chi connectivity index (χ0) is 10.7. The van der Waals surface area contributed by atoms with E-state index in [2.05, 4.69) is 4.74 Å². The minimum absolute atomic E-state index is 0.144. The highest BCUT2D eigenvalue weighted by atomic mass is 16.5. The van der Waals surface area contributed by atoms with E-state index in [1.54, 1.807) is 4.90 Å². The molecule has 4 heteroatoms. The van der Waals surface area contributed by atoms with Crippen molar-refractivity contribution in [3.8, 4) is 0 Å². The van der Waals surface area contributed by atoms with Crippen LogP contribution in [0.5, 0.6) is 0 Å². The lowest BCUT2D eigenvalue weighted by atomic mass is 9.97. The molecule has 0 spiro atoms. The third kappa shape index (κ3) is 2.05. The second-order valence-electron chi connectivity index (χ2n) is 3.83. The lowest BCUT2D eigenvalue weighted by Crippen LogP contribution is -2.50. The number of methoxy groups -OCH3 is 1. The van der Waals surface area contributed by atoms with Gasteiger partial charge in [-0.25, -0.2) is 4.79 Å². The van der Waals surface area contributed by atoms with Gasteiger partial charge in [0.2, 0.25) is 0 Å². The minimum atomic E-state index is -0.759. The van der Waals surface area contributed by atoms with Crippen molar-refractivity contribution in [1.82, 2.24) is 4.90 Å². The molecule has 1 saturated heterocycles. The highest BCUT2D eigenvalue weighted by Gasteiger charge is 2.33. The van der Waals surface area contributed by atoms with Crippen molar-refractivity contribution in [3.05, 3.63) is 0 Å². The summed E-state index contributed by atoms with van der Waals surface area (Å²) in [5.41, 5.74) is 0. The normalized spacial score (nSPS) is 27.2. The quantitative estimate of drug-likeness (QED) is 0.431. The van der Waals surface area contributed by atoms with Gasteiger partial charge in [0, 0.05) is 12.1 Å². The number of nitrogens with zero attached hydrogens (tertiary/aromatic N) is 1. The maximum Gasteiger partial charge on any atom is 0.396 e. The van der Waals surface area contributed by atoms with Crippen molar-refractivity contribution in [2.24, 2.45) is 0 Å². The number of carbonyl (C=O) groups is 2. The molecule has 1 aliphatic rings. The molecule has 0 aromatic carbocycles. The van der Waals surface area contributed by atoms with Crippen LogP contribution in [0, 0.1) is 0 Å².